The van der Waals surface area contributed by atoms with Crippen molar-refractivity contribution < 1.29 is 4.79 Å². The van der Waals surface area contributed by atoms with Crippen LogP contribution in [0.25, 0.3) is 0 Å². The van der Waals surface area contributed by atoms with Crippen LogP contribution < -0.4 is 5.73 Å². The molecule has 18 heavy (non-hydrogen) atoms. The van der Waals surface area contributed by atoms with Crippen molar-refractivity contribution in [2.75, 3.05) is 13.1 Å². The van der Waals surface area contributed by atoms with E-state index in [0.717, 1.165) is 51.1 Å². The fraction of sp³-hybridized carbons (Fsp3) is 0.933. The van der Waals surface area contributed by atoms with Crippen LogP contribution in [-0.2, 0) is 4.79 Å². The Morgan fingerprint density at radius 3 is 2.56 bits per heavy atom. The molecule has 104 valence electrons. The first kappa shape index (κ1) is 13.9. The molecule has 3 atom stereocenters. The molecule has 0 aromatic carbocycles. The lowest BCUT2D eigenvalue weighted by Gasteiger charge is -2.39. The molecule has 1 aliphatic carbocycles. The number of carbonyl (C=O) groups excluding carboxylic acids is 1. The standard InChI is InChI=1S/C15H28N2O/c1-12-6-4-9-17(10-7-12)14(18)15(16)8-3-5-13(2)11-15/h12-13H,3-11,16H2,1-2H3. The highest BCUT2D eigenvalue weighted by Crippen LogP contribution is 2.32. The van der Waals surface area contributed by atoms with Crippen LogP contribution in [0.1, 0.15) is 58.8 Å². The summed E-state index contributed by atoms with van der Waals surface area (Å²) in [6, 6.07) is 0. The quantitative estimate of drug-likeness (QED) is 0.779. The SMILES string of the molecule is CC1CCCN(C(=O)C2(N)CCCC(C)C2)CC1. The summed E-state index contributed by atoms with van der Waals surface area (Å²) in [5, 5.41) is 0. The Labute approximate surface area is 111 Å². The summed E-state index contributed by atoms with van der Waals surface area (Å²) >= 11 is 0. The molecule has 2 aliphatic rings. The Morgan fingerprint density at radius 1 is 1.11 bits per heavy atom. The van der Waals surface area contributed by atoms with Crippen molar-refractivity contribution in [1.82, 2.24) is 4.90 Å². The van der Waals surface area contributed by atoms with Crippen LogP contribution in [0.5, 0.6) is 0 Å². The zero-order valence-electron chi connectivity index (χ0n) is 12.0. The van der Waals surface area contributed by atoms with Crippen molar-refractivity contribution in [2.24, 2.45) is 17.6 Å². The van der Waals surface area contributed by atoms with Crippen molar-refractivity contribution in [3.8, 4) is 0 Å². The smallest absolute Gasteiger partial charge is 0.242 e. The van der Waals surface area contributed by atoms with Crippen LogP contribution in [0.3, 0.4) is 0 Å². The van der Waals surface area contributed by atoms with E-state index < -0.39 is 5.54 Å². The molecular formula is C15H28N2O. The molecular weight excluding hydrogens is 224 g/mol. The maximum Gasteiger partial charge on any atom is 0.242 e. The van der Waals surface area contributed by atoms with Crippen LogP contribution in [-0.4, -0.2) is 29.4 Å². The minimum absolute atomic E-state index is 0.225. The highest BCUT2D eigenvalue weighted by atomic mass is 16.2. The number of rotatable bonds is 1. The van der Waals surface area contributed by atoms with Gasteiger partial charge in [0.05, 0.1) is 5.54 Å². The van der Waals surface area contributed by atoms with E-state index in [1.807, 2.05) is 4.90 Å². The fourth-order valence-corrected chi connectivity index (χ4v) is 3.57. The molecule has 1 heterocycles. The summed E-state index contributed by atoms with van der Waals surface area (Å²) in [6.45, 7) is 6.33. The van der Waals surface area contributed by atoms with E-state index in [2.05, 4.69) is 13.8 Å². The highest BCUT2D eigenvalue weighted by molar-refractivity contribution is 5.86. The molecule has 1 amide bonds. The Hall–Kier alpha value is -0.570. The summed E-state index contributed by atoms with van der Waals surface area (Å²) in [5.74, 6) is 1.57. The largest absolute Gasteiger partial charge is 0.341 e. The van der Waals surface area contributed by atoms with E-state index >= 15 is 0 Å². The van der Waals surface area contributed by atoms with Gasteiger partial charge < -0.3 is 10.6 Å². The molecule has 1 saturated heterocycles. The number of likely N-dealkylation sites (tertiary alicyclic amines) is 1. The molecule has 2 fully saturated rings. The van der Waals surface area contributed by atoms with Gasteiger partial charge in [0, 0.05) is 13.1 Å². The predicted octanol–water partition coefficient (Wildman–Crippen LogP) is 2.54. The van der Waals surface area contributed by atoms with Crippen molar-refractivity contribution >= 4 is 5.91 Å². The first-order valence-corrected chi connectivity index (χ1v) is 7.59. The van der Waals surface area contributed by atoms with Crippen LogP contribution in [0.2, 0.25) is 0 Å². The molecule has 3 nitrogen and oxygen atoms in total. The molecule has 0 aromatic heterocycles. The Morgan fingerprint density at radius 2 is 1.83 bits per heavy atom. The second kappa shape index (κ2) is 5.60. The van der Waals surface area contributed by atoms with Crippen molar-refractivity contribution in [2.45, 2.75) is 64.3 Å². The number of carbonyl (C=O) groups is 1. The summed E-state index contributed by atoms with van der Waals surface area (Å²) < 4.78 is 0. The molecule has 0 bridgehead atoms. The third-order valence-electron chi connectivity index (χ3n) is 4.76. The monoisotopic (exact) mass is 252 g/mol. The topological polar surface area (TPSA) is 46.3 Å². The van der Waals surface area contributed by atoms with E-state index in [1.165, 1.54) is 12.8 Å². The third kappa shape index (κ3) is 3.05. The lowest BCUT2D eigenvalue weighted by Crippen LogP contribution is -2.57. The second-order valence-corrected chi connectivity index (χ2v) is 6.69. The van der Waals surface area contributed by atoms with Gasteiger partial charge in [-0.3, -0.25) is 4.79 Å². The van der Waals surface area contributed by atoms with Gasteiger partial charge in [0.1, 0.15) is 0 Å². The van der Waals surface area contributed by atoms with Crippen LogP contribution in [0.15, 0.2) is 0 Å². The van der Waals surface area contributed by atoms with Gasteiger partial charge in [-0.1, -0.05) is 26.7 Å². The molecule has 0 aromatic rings. The van der Waals surface area contributed by atoms with E-state index in [4.69, 9.17) is 5.73 Å². The lowest BCUT2D eigenvalue weighted by atomic mass is 9.76. The van der Waals surface area contributed by atoms with E-state index in [9.17, 15) is 4.79 Å². The average Bonchev–Trinajstić information content (AvgIpc) is 2.53. The fourth-order valence-electron chi connectivity index (χ4n) is 3.57. The Kier molecular flexibility index (Phi) is 4.31. The summed E-state index contributed by atoms with van der Waals surface area (Å²) in [5.41, 5.74) is 5.85. The van der Waals surface area contributed by atoms with E-state index in [-0.39, 0.29) is 5.91 Å². The number of nitrogens with zero attached hydrogens (tertiary/aromatic N) is 1. The Balaban J connectivity index is 2.00. The Bertz CT molecular complexity index is 305. The van der Waals surface area contributed by atoms with Crippen LogP contribution >= 0.6 is 0 Å². The minimum Gasteiger partial charge on any atom is -0.341 e. The third-order valence-corrected chi connectivity index (χ3v) is 4.76. The first-order valence-electron chi connectivity index (χ1n) is 7.59. The van der Waals surface area contributed by atoms with Crippen LogP contribution in [0, 0.1) is 11.8 Å². The number of amides is 1. The summed E-state index contributed by atoms with van der Waals surface area (Å²) in [7, 11) is 0. The average molecular weight is 252 g/mol. The van der Waals surface area contributed by atoms with Gasteiger partial charge in [0.15, 0.2) is 0 Å². The van der Waals surface area contributed by atoms with Gasteiger partial charge in [0.25, 0.3) is 0 Å². The summed E-state index contributed by atoms with van der Waals surface area (Å²) in [6.07, 6.45) is 7.60. The molecule has 2 N–H and O–H groups in total. The number of nitrogens with two attached hydrogens (primary N) is 1. The maximum atomic E-state index is 12.7. The predicted molar refractivity (Wildman–Crippen MR) is 74.1 cm³/mol. The minimum atomic E-state index is -0.564. The van der Waals surface area contributed by atoms with Crippen molar-refractivity contribution in [3.63, 3.8) is 0 Å². The molecule has 0 radical (unpaired) electrons. The lowest BCUT2D eigenvalue weighted by molar-refractivity contribution is -0.138. The van der Waals surface area contributed by atoms with Gasteiger partial charge in [-0.25, -0.2) is 0 Å². The normalized spacial score (nSPS) is 38.3. The van der Waals surface area contributed by atoms with Crippen molar-refractivity contribution in [3.05, 3.63) is 0 Å². The molecule has 2 rings (SSSR count). The van der Waals surface area contributed by atoms with E-state index in [0.29, 0.717) is 5.92 Å². The maximum absolute atomic E-state index is 12.7. The van der Waals surface area contributed by atoms with Gasteiger partial charge >= 0.3 is 0 Å². The van der Waals surface area contributed by atoms with Gasteiger partial charge in [-0.05, 0) is 43.9 Å². The zero-order chi connectivity index (χ0) is 13.2. The number of hydrogen-bond acceptors (Lipinski definition) is 2. The summed E-state index contributed by atoms with van der Waals surface area (Å²) in [4.78, 5) is 14.7. The van der Waals surface area contributed by atoms with Gasteiger partial charge in [0.2, 0.25) is 5.91 Å². The van der Waals surface area contributed by atoms with Gasteiger partial charge in [-0.15, -0.1) is 0 Å². The van der Waals surface area contributed by atoms with Crippen molar-refractivity contribution in [1.29, 1.82) is 0 Å². The molecule has 3 heteroatoms. The van der Waals surface area contributed by atoms with E-state index in [1.54, 1.807) is 0 Å². The molecule has 0 spiro atoms. The highest BCUT2D eigenvalue weighted by Gasteiger charge is 2.40. The molecule has 1 aliphatic heterocycles. The molecule has 1 saturated carbocycles. The zero-order valence-corrected chi connectivity index (χ0v) is 12.0. The first-order chi connectivity index (χ1) is 8.51. The second-order valence-electron chi connectivity index (χ2n) is 6.69. The number of hydrogen-bond donors (Lipinski definition) is 1. The van der Waals surface area contributed by atoms with Crippen LogP contribution in [0.4, 0.5) is 0 Å². The molecule has 3 unspecified atom stereocenters. The van der Waals surface area contributed by atoms with Gasteiger partial charge in [-0.2, -0.15) is 0 Å².